The number of nitrogens with zero attached hydrogens (tertiary/aromatic N) is 3. The molecule has 0 atom stereocenters. The lowest BCUT2D eigenvalue weighted by Gasteiger charge is -2.19. The molecule has 0 aliphatic carbocycles. The van der Waals surface area contributed by atoms with Crippen molar-refractivity contribution < 1.29 is 22.0 Å². The summed E-state index contributed by atoms with van der Waals surface area (Å²) in [5.41, 5.74) is -3.04. The highest BCUT2D eigenvalue weighted by atomic mass is 35.5. The van der Waals surface area contributed by atoms with Gasteiger partial charge in [0.25, 0.3) is 5.56 Å². The molecule has 4 rings (SSSR count). The van der Waals surface area contributed by atoms with E-state index in [1.807, 2.05) is 0 Å². The zero-order chi connectivity index (χ0) is 20.9. The van der Waals surface area contributed by atoms with E-state index in [-0.39, 0.29) is 23.6 Å². The number of hydrogen-bond donors (Lipinski definition) is 0. The molecule has 29 heavy (non-hydrogen) atoms. The van der Waals surface area contributed by atoms with Crippen molar-refractivity contribution in [1.29, 1.82) is 0 Å². The van der Waals surface area contributed by atoms with Gasteiger partial charge >= 0.3 is 6.18 Å². The van der Waals surface area contributed by atoms with Gasteiger partial charge in [-0.05, 0) is 24.3 Å². The van der Waals surface area contributed by atoms with Crippen LogP contribution < -0.4 is 5.56 Å². The fraction of sp³-hybridized carbons (Fsp3) is 0.105. The van der Waals surface area contributed by atoms with Crippen molar-refractivity contribution in [3.8, 4) is 5.69 Å². The second-order valence-electron chi connectivity index (χ2n) is 6.13. The van der Waals surface area contributed by atoms with Crippen LogP contribution in [0, 0.1) is 11.6 Å². The van der Waals surface area contributed by atoms with Crippen LogP contribution in [0.15, 0.2) is 52.4 Å². The first-order valence-electron chi connectivity index (χ1n) is 8.16. The number of aliphatic imine (C=N–C) groups is 1. The molecule has 0 saturated carbocycles. The zero-order valence-electron chi connectivity index (χ0n) is 14.3. The second kappa shape index (κ2) is 6.77. The van der Waals surface area contributed by atoms with E-state index in [1.165, 1.54) is 10.8 Å². The minimum Gasteiger partial charge on any atom is -0.303 e. The minimum atomic E-state index is -4.80. The molecule has 0 fully saturated rings. The molecule has 0 saturated heterocycles. The minimum absolute atomic E-state index is 0.0596. The summed E-state index contributed by atoms with van der Waals surface area (Å²) < 4.78 is 70.5. The van der Waals surface area contributed by atoms with Crippen LogP contribution in [-0.2, 0) is 12.7 Å². The Labute approximate surface area is 164 Å². The lowest BCUT2D eigenvalue weighted by atomic mass is 9.97. The van der Waals surface area contributed by atoms with Crippen molar-refractivity contribution in [3.05, 3.63) is 92.1 Å². The molecule has 1 aliphatic heterocycles. The average Bonchev–Trinajstić information content (AvgIpc) is 2.78. The van der Waals surface area contributed by atoms with Gasteiger partial charge < -0.3 is 4.57 Å². The van der Waals surface area contributed by atoms with Crippen LogP contribution in [0.5, 0.6) is 0 Å². The first-order chi connectivity index (χ1) is 13.7. The summed E-state index contributed by atoms with van der Waals surface area (Å²) in [6, 6.07) is 5.99. The van der Waals surface area contributed by atoms with Crippen LogP contribution in [0.2, 0.25) is 5.02 Å². The van der Waals surface area contributed by atoms with E-state index >= 15 is 0 Å². The normalized spacial score (nSPS) is 13.4. The van der Waals surface area contributed by atoms with E-state index in [1.54, 1.807) is 0 Å². The number of fused-ring (bicyclic) bond motifs is 3. The largest absolute Gasteiger partial charge is 0.417 e. The zero-order valence-corrected chi connectivity index (χ0v) is 15.0. The third-order valence-electron chi connectivity index (χ3n) is 4.38. The molecule has 0 radical (unpaired) electrons. The molecule has 148 valence electrons. The Kier molecular flexibility index (Phi) is 4.49. The summed E-state index contributed by atoms with van der Waals surface area (Å²) in [4.78, 5) is 19.5. The summed E-state index contributed by atoms with van der Waals surface area (Å²) in [6.07, 6.45) is -3.51. The highest BCUT2D eigenvalue weighted by molar-refractivity contribution is 6.37. The van der Waals surface area contributed by atoms with E-state index in [2.05, 4.69) is 9.98 Å². The smallest absolute Gasteiger partial charge is 0.303 e. The molecule has 0 bridgehead atoms. The summed E-state index contributed by atoms with van der Waals surface area (Å²) in [7, 11) is 0. The van der Waals surface area contributed by atoms with Crippen molar-refractivity contribution in [2.75, 3.05) is 0 Å². The topological polar surface area (TPSA) is 47.2 Å². The van der Waals surface area contributed by atoms with Crippen molar-refractivity contribution >= 4 is 17.3 Å². The lowest BCUT2D eigenvalue weighted by Crippen LogP contribution is -2.17. The number of benzene rings is 2. The standard InChI is InChI=1S/C19H9ClF5N3O/c20-17-9(19(23,24)25)4-5-12-16(17)18(15-10(21)2-1-3-11(15)22)26-8-13-27-14(29)6-7-28(12)13/h1-7H,8H2. The first-order valence-corrected chi connectivity index (χ1v) is 8.54. The Morgan fingerprint density at radius 2 is 1.69 bits per heavy atom. The molecule has 4 nitrogen and oxygen atoms in total. The monoisotopic (exact) mass is 425 g/mol. The van der Waals surface area contributed by atoms with Crippen molar-refractivity contribution in [2.24, 2.45) is 4.99 Å². The molecule has 0 unspecified atom stereocenters. The summed E-state index contributed by atoms with van der Waals surface area (Å²) in [5.74, 6) is -1.95. The van der Waals surface area contributed by atoms with Gasteiger partial charge in [-0.15, -0.1) is 0 Å². The van der Waals surface area contributed by atoms with Crippen LogP contribution in [0.3, 0.4) is 0 Å². The van der Waals surface area contributed by atoms with Crippen molar-refractivity contribution in [3.63, 3.8) is 0 Å². The van der Waals surface area contributed by atoms with Gasteiger partial charge in [0, 0.05) is 17.8 Å². The molecule has 10 heteroatoms. The predicted octanol–water partition coefficient (Wildman–Crippen LogP) is 4.53. The Balaban J connectivity index is 2.12. The maximum atomic E-state index is 14.5. The molecule has 1 aliphatic rings. The Bertz CT molecular complexity index is 1210. The number of rotatable bonds is 1. The second-order valence-corrected chi connectivity index (χ2v) is 6.51. The quantitative estimate of drug-likeness (QED) is 0.538. The van der Waals surface area contributed by atoms with Gasteiger partial charge in [-0.3, -0.25) is 9.79 Å². The van der Waals surface area contributed by atoms with E-state index < -0.39 is 45.2 Å². The SMILES string of the molecule is O=c1ccn2c(n1)CN=C(c1c(F)cccc1F)c1c-2ccc(C(F)(F)F)c1Cl. The van der Waals surface area contributed by atoms with Gasteiger partial charge in [0.05, 0.1) is 34.1 Å². The van der Waals surface area contributed by atoms with Crippen LogP contribution >= 0.6 is 11.6 Å². The van der Waals surface area contributed by atoms with Gasteiger partial charge in [-0.2, -0.15) is 18.2 Å². The van der Waals surface area contributed by atoms with E-state index in [4.69, 9.17) is 11.6 Å². The van der Waals surface area contributed by atoms with Crippen LogP contribution in [-0.4, -0.2) is 15.3 Å². The van der Waals surface area contributed by atoms with Gasteiger partial charge in [0.2, 0.25) is 0 Å². The summed E-state index contributed by atoms with van der Waals surface area (Å²) in [6.45, 7) is -0.300. The highest BCUT2D eigenvalue weighted by Crippen LogP contribution is 2.40. The maximum absolute atomic E-state index is 14.5. The molecule has 0 amide bonds. The van der Waals surface area contributed by atoms with Crippen LogP contribution in [0.25, 0.3) is 5.69 Å². The highest BCUT2D eigenvalue weighted by Gasteiger charge is 2.37. The molecule has 2 aromatic carbocycles. The molecule has 0 spiro atoms. The van der Waals surface area contributed by atoms with Crippen molar-refractivity contribution in [2.45, 2.75) is 12.7 Å². The first kappa shape index (κ1) is 19.3. The molecule has 1 aromatic heterocycles. The third kappa shape index (κ3) is 3.21. The third-order valence-corrected chi connectivity index (χ3v) is 4.78. The molecule has 3 aromatic rings. The van der Waals surface area contributed by atoms with Crippen LogP contribution in [0.4, 0.5) is 22.0 Å². The van der Waals surface area contributed by atoms with E-state index in [9.17, 15) is 26.7 Å². The summed E-state index contributed by atoms with van der Waals surface area (Å²) in [5, 5.41) is -0.761. The number of halogens is 6. The Morgan fingerprint density at radius 3 is 2.34 bits per heavy atom. The van der Waals surface area contributed by atoms with Crippen LogP contribution in [0.1, 0.15) is 22.5 Å². The van der Waals surface area contributed by atoms with Gasteiger partial charge in [-0.1, -0.05) is 17.7 Å². The molecular formula is C19H9ClF5N3O. The lowest BCUT2D eigenvalue weighted by molar-refractivity contribution is -0.137. The van der Waals surface area contributed by atoms with Gasteiger partial charge in [-0.25, -0.2) is 8.78 Å². The van der Waals surface area contributed by atoms with E-state index in [0.29, 0.717) is 0 Å². The molecule has 2 heterocycles. The average molecular weight is 426 g/mol. The van der Waals surface area contributed by atoms with Gasteiger partial charge in [0.1, 0.15) is 17.5 Å². The molecular weight excluding hydrogens is 417 g/mol. The van der Waals surface area contributed by atoms with E-state index in [0.717, 1.165) is 36.4 Å². The fourth-order valence-corrected chi connectivity index (χ4v) is 3.50. The summed E-state index contributed by atoms with van der Waals surface area (Å²) >= 11 is 6.09. The van der Waals surface area contributed by atoms with Gasteiger partial charge in [0.15, 0.2) is 0 Å². The fourth-order valence-electron chi connectivity index (χ4n) is 3.14. The number of aromatic nitrogens is 2. The Hall–Kier alpha value is -3.07. The maximum Gasteiger partial charge on any atom is 0.417 e. The molecule has 0 N–H and O–H groups in total. The predicted molar refractivity (Wildman–Crippen MR) is 95.5 cm³/mol. The van der Waals surface area contributed by atoms with Crippen molar-refractivity contribution in [1.82, 2.24) is 9.55 Å². The Morgan fingerprint density at radius 1 is 1.00 bits per heavy atom. The number of hydrogen-bond acceptors (Lipinski definition) is 3. The number of alkyl halides is 3.